The van der Waals surface area contributed by atoms with Gasteiger partial charge in [-0.05, 0) is 12.8 Å². The van der Waals surface area contributed by atoms with Gasteiger partial charge in [0.15, 0.2) is 15.7 Å². The number of hydrogen-bond donors (Lipinski definition) is 1. The number of aromatic nitrogens is 1. The molecule has 1 aromatic heterocycles. The first kappa shape index (κ1) is 11.6. The van der Waals surface area contributed by atoms with Crippen LogP contribution < -0.4 is 0 Å². The average Bonchev–Trinajstić information content (AvgIpc) is 2.81. The number of aliphatic hydroxyl groups is 1. The number of hydrogen-bond acceptors (Lipinski definition) is 5. The second-order valence-corrected chi connectivity index (χ2v) is 6.32. The van der Waals surface area contributed by atoms with Crippen LogP contribution in [-0.4, -0.2) is 36.6 Å². The first-order valence-electron chi connectivity index (χ1n) is 5.36. The van der Waals surface area contributed by atoms with Gasteiger partial charge < -0.3 is 9.52 Å². The Hall–Kier alpha value is -0.880. The van der Waals surface area contributed by atoms with E-state index in [1.165, 1.54) is 6.26 Å². The van der Waals surface area contributed by atoms with Crippen molar-refractivity contribution in [2.45, 2.75) is 25.2 Å². The number of aliphatic hydroxyl groups excluding tert-OH is 1. The molecule has 1 fully saturated rings. The maximum atomic E-state index is 11.3. The predicted molar refractivity (Wildman–Crippen MR) is 57.9 cm³/mol. The highest BCUT2D eigenvalue weighted by molar-refractivity contribution is 7.91. The summed E-state index contributed by atoms with van der Waals surface area (Å²) in [7, 11) is -2.87. The molecule has 2 heterocycles. The molecule has 1 aliphatic rings. The summed E-state index contributed by atoms with van der Waals surface area (Å²) in [5, 5.41) is 8.67. The molecule has 0 bridgehead atoms. The monoisotopic (exact) mass is 245 g/mol. The van der Waals surface area contributed by atoms with E-state index in [-0.39, 0.29) is 24.0 Å². The summed E-state index contributed by atoms with van der Waals surface area (Å²) in [6.45, 7) is 0.107. The minimum atomic E-state index is -2.87. The van der Waals surface area contributed by atoms with Crippen molar-refractivity contribution in [1.82, 2.24) is 4.98 Å². The molecule has 0 radical (unpaired) electrons. The second kappa shape index (κ2) is 4.55. The van der Waals surface area contributed by atoms with Crippen molar-refractivity contribution in [1.29, 1.82) is 0 Å². The maximum absolute atomic E-state index is 11.3. The van der Waals surface area contributed by atoms with Crippen LogP contribution in [-0.2, 0) is 16.3 Å². The molecular formula is C10H15NO4S. The van der Waals surface area contributed by atoms with Crippen LogP contribution in [0.4, 0.5) is 0 Å². The zero-order valence-electron chi connectivity index (χ0n) is 8.92. The van der Waals surface area contributed by atoms with Crippen molar-refractivity contribution in [3.63, 3.8) is 0 Å². The van der Waals surface area contributed by atoms with Gasteiger partial charge >= 0.3 is 0 Å². The Morgan fingerprint density at radius 3 is 3.00 bits per heavy atom. The molecule has 0 aliphatic carbocycles. The Bertz CT molecular complexity index is 451. The summed E-state index contributed by atoms with van der Waals surface area (Å²) in [5.41, 5.74) is 0.731. The molecule has 6 heteroatoms. The van der Waals surface area contributed by atoms with Gasteiger partial charge in [-0.2, -0.15) is 0 Å². The predicted octanol–water partition coefficient (Wildman–Crippen LogP) is 0.502. The van der Waals surface area contributed by atoms with Gasteiger partial charge in [-0.3, -0.25) is 0 Å². The van der Waals surface area contributed by atoms with Crippen molar-refractivity contribution in [3.05, 3.63) is 17.8 Å². The molecule has 1 unspecified atom stereocenters. The van der Waals surface area contributed by atoms with Crippen LogP contribution in [0.3, 0.4) is 0 Å². The first-order chi connectivity index (χ1) is 7.61. The fraction of sp³-hybridized carbons (Fsp3) is 0.700. The SMILES string of the molecule is O=S1(=O)CCC(c2coc(CCCO)n2)C1. The highest BCUT2D eigenvalue weighted by Gasteiger charge is 2.30. The summed E-state index contributed by atoms with van der Waals surface area (Å²) in [5.74, 6) is 0.986. The minimum Gasteiger partial charge on any atom is -0.449 e. The molecule has 90 valence electrons. The summed E-state index contributed by atoms with van der Waals surface area (Å²) < 4.78 is 27.8. The van der Waals surface area contributed by atoms with E-state index in [1.807, 2.05) is 0 Å². The molecule has 1 N–H and O–H groups in total. The molecule has 16 heavy (non-hydrogen) atoms. The molecule has 1 atom stereocenters. The van der Waals surface area contributed by atoms with Gasteiger partial charge in [-0.1, -0.05) is 0 Å². The van der Waals surface area contributed by atoms with Crippen molar-refractivity contribution in [2.75, 3.05) is 18.1 Å². The van der Waals surface area contributed by atoms with Gasteiger partial charge in [-0.25, -0.2) is 13.4 Å². The van der Waals surface area contributed by atoms with E-state index in [0.717, 1.165) is 5.69 Å². The summed E-state index contributed by atoms with van der Waals surface area (Å²) in [6.07, 6.45) is 3.38. The number of oxazole rings is 1. The van der Waals surface area contributed by atoms with E-state index in [4.69, 9.17) is 9.52 Å². The van der Waals surface area contributed by atoms with E-state index in [1.54, 1.807) is 0 Å². The van der Waals surface area contributed by atoms with Crippen LogP contribution in [0, 0.1) is 0 Å². The number of sulfone groups is 1. The van der Waals surface area contributed by atoms with Gasteiger partial charge in [0.1, 0.15) is 6.26 Å². The third kappa shape index (κ3) is 2.62. The van der Waals surface area contributed by atoms with E-state index in [2.05, 4.69) is 4.98 Å². The van der Waals surface area contributed by atoms with Crippen LogP contribution in [0.2, 0.25) is 0 Å². The standard InChI is InChI=1S/C10H15NO4S/c12-4-1-2-10-11-9(6-15-10)8-3-5-16(13,14)7-8/h6,8,12H,1-5,7H2. The van der Waals surface area contributed by atoms with Crippen molar-refractivity contribution in [3.8, 4) is 0 Å². The second-order valence-electron chi connectivity index (χ2n) is 4.09. The molecule has 1 aliphatic heterocycles. The zero-order chi connectivity index (χ0) is 11.6. The number of aryl methyl sites for hydroxylation is 1. The molecule has 0 saturated carbocycles. The molecule has 0 aromatic carbocycles. The molecule has 1 aromatic rings. The van der Waals surface area contributed by atoms with E-state index >= 15 is 0 Å². The Morgan fingerprint density at radius 1 is 1.56 bits per heavy atom. The van der Waals surface area contributed by atoms with Gasteiger partial charge in [0.25, 0.3) is 0 Å². The average molecular weight is 245 g/mol. The highest BCUT2D eigenvalue weighted by Crippen LogP contribution is 2.28. The smallest absolute Gasteiger partial charge is 0.194 e. The number of nitrogens with zero attached hydrogens (tertiary/aromatic N) is 1. The lowest BCUT2D eigenvalue weighted by Gasteiger charge is -2.00. The van der Waals surface area contributed by atoms with Crippen molar-refractivity contribution >= 4 is 9.84 Å². The quantitative estimate of drug-likeness (QED) is 0.835. The zero-order valence-corrected chi connectivity index (χ0v) is 9.74. The Labute approximate surface area is 94.4 Å². The van der Waals surface area contributed by atoms with Gasteiger partial charge in [0, 0.05) is 18.9 Å². The molecule has 0 amide bonds. The summed E-state index contributed by atoms with van der Waals surface area (Å²) >= 11 is 0. The lowest BCUT2D eigenvalue weighted by molar-refractivity contribution is 0.283. The van der Waals surface area contributed by atoms with Crippen molar-refractivity contribution < 1.29 is 17.9 Å². The first-order valence-corrected chi connectivity index (χ1v) is 7.18. The summed E-state index contributed by atoms with van der Waals surface area (Å²) in [4.78, 5) is 4.25. The van der Waals surface area contributed by atoms with Crippen LogP contribution >= 0.6 is 0 Å². The third-order valence-electron chi connectivity index (χ3n) is 2.77. The fourth-order valence-corrected chi connectivity index (χ4v) is 3.65. The van der Waals surface area contributed by atoms with E-state index in [9.17, 15) is 8.42 Å². The lowest BCUT2D eigenvalue weighted by Crippen LogP contribution is -2.04. The largest absolute Gasteiger partial charge is 0.449 e. The van der Waals surface area contributed by atoms with Crippen molar-refractivity contribution in [2.24, 2.45) is 0 Å². The number of rotatable bonds is 4. The Kier molecular flexibility index (Phi) is 3.30. The minimum absolute atomic E-state index is 0.0170. The highest BCUT2D eigenvalue weighted by atomic mass is 32.2. The normalized spacial score (nSPS) is 23.7. The van der Waals surface area contributed by atoms with Crippen LogP contribution in [0.5, 0.6) is 0 Å². The summed E-state index contributed by atoms with van der Waals surface area (Å²) in [6, 6.07) is 0. The molecular weight excluding hydrogens is 230 g/mol. The molecule has 5 nitrogen and oxygen atoms in total. The van der Waals surface area contributed by atoms with Crippen LogP contribution in [0.25, 0.3) is 0 Å². The molecule has 2 rings (SSSR count). The van der Waals surface area contributed by atoms with Gasteiger partial charge in [0.2, 0.25) is 0 Å². The fourth-order valence-electron chi connectivity index (χ4n) is 1.89. The Morgan fingerprint density at radius 2 is 2.38 bits per heavy atom. The van der Waals surface area contributed by atoms with Crippen LogP contribution in [0.15, 0.2) is 10.7 Å². The third-order valence-corrected chi connectivity index (χ3v) is 4.54. The topological polar surface area (TPSA) is 80.4 Å². The molecule has 1 saturated heterocycles. The van der Waals surface area contributed by atoms with Crippen LogP contribution in [0.1, 0.15) is 30.3 Å². The maximum Gasteiger partial charge on any atom is 0.194 e. The lowest BCUT2D eigenvalue weighted by atomic mass is 10.1. The Balaban J connectivity index is 2.02. The van der Waals surface area contributed by atoms with E-state index < -0.39 is 9.84 Å². The van der Waals surface area contributed by atoms with E-state index in [0.29, 0.717) is 25.2 Å². The van der Waals surface area contributed by atoms with Gasteiger partial charge in [-0.15, -0.1) is 0 Å². The molecule has 0 spiro atoms. The van der Waals surface area contributed by atoms with Gasteiger partial charge in [0.05, 0.1) is 17.2 Å².